The van der Waals surface area contributed by atoms with Crippen LogP contribution in [0, 0.1) is 6.92 Å². The van der Waals surface area contributed by atoms with Crippen molar-refractivity contribution in [2.24, 2.45) is 0 Å². The average molecular weight is 353 g/mol. The molecule has 2 N–H and O–H groups in total. The Morgan fingerprint density at radius 2 is 2.08 bits per heavy atom. The number of nitrogens with two attached hydrogens (primary N) is 1. The number of hydrogen-bond donors (Lipinski definition) is 1. The summed E-state index contributed by atoms with van der Waals surface area (Å²) in [6, 6.07) is 12.6. The second-order valence-electron chi connectivity index (χ2n) is 7.02. The Kier molecular flexibility index (Phi) is 5.83. The highest BCUT2D eigenvalue weighted by Crippen LogP contribution is 2.18. The quantitative estimate of drug-likeness (QED) is 0.891. The van der Waals surface area contributed by atoms with Crippen molar-refractivity contribution in [3.8, 4) is 0 Å². The summed E-state index contributed by atoms with van der Waals surface area (Å²) in [7, 11) is 2.15. The van der Waals surface area contributed by atoms with Crippen LogP contribution in [0.3, 0.4) is 0 Å². The highest BCUT2D eigenvalue weighted by molar-refractivity contribution is 5.92. The number of likely N-dealkylation sites (N-methyl/N-ethyl adjacent to an activating group) is 1. The van der Waals surface area contributed by atoms with Crippen LogP contribution in [0.25, 0.3) is 0 Å². The summed E-state index contributed by atoms with van der Waals surface area (Å²) in [6.45, 7) is 4.30. The van der Waals surface area contributed by atoms with E-state index in [1.165, 1.54) is 5.56 Å². The van der Waals surface area contributed by atoms with Gasteiger partial charge < -0.3 is 15.5 Å². The predicted octanol–water partition coefficient (Wildman–Crippen LogP) is 2.15. The largest absolute Gasteiger partial charge is 0.368 e. The number of carbonyl (C=O) groups is 1. The molecule has 3 rings (SSSR count). The molecule has 1 aliphatic rings. The zero-order valence-electron chi connectivity index (χ0n) is 15.6. The van der Waals surface area contributed by atoms with E-state index in [4.69, 9.17) is 5.73 Å². The van der Waals surface area contributed by atoms with Gasteiger partial charge in [0.15, 0.2) is 0 Å². The monoisotopic (exact) mass is 353 g/mol. The Morgan fingerprint density at radius 3 is 2.81 bits per heavy atom. The number of carbonyl (C=O) groups excluding carboxylic acids is 1. The van der Waals surface area contributed by atoms with Gasteiger partial charge in [-0.3, -0.25) is 4.79 Å². The smallest absolute Gasteiger partial charge is 0.272 e. The van der Waals surface area contributed by atoms with Crippen LogP contribution in [0.2, 0.25) is 0 Å². The van der Waals surface area contributed by atoms with Gasteiger partial charge in [0.1, 0.15) is 5.69 Å². The third kappa shape index (κ3) is 4.58. The lowest BCUT2D eigenvalue weighted by Gasteiger charge is -2.37. The number of nitrogen functional groups attached to an aromatic ring is 1. The molecule has 6 heteroatoms. The number of piperidine rings is 1. The van der Waals surface area contributed by atoms with Gasteiger partial charge in [-0.2, -0.15) is 0 Å². The van der Waals surface area contributed by atoms with Crippen molar-refractivity contribution in [2.75, 3.05) is 32.4 Å². The molecule has 0 aliphatic carbocycles. The van der Waals surface area contributed by atoms with E-state index in [-0.39, 0.29) is 11.9 Å². The summed E-state index contributed by atoms with van der Waals surface area (Å²) in [5.41, 5.74) is 8.15. The summed E-state index contributed by atoms with van der Waals surface area (Å²) in [6.07, 6.45) is 3.13. The highest BCUT2D eigenvalue weighted by atomic mass is 16.2. The number of benzene rings is 1. The normalized spacial score (nSPS) is 17.5. The molecule has 2 heterocycles. The van der Waals surface area contributed by atoms with Gasteiger partial charge in [-0.15, -0.1) is 0 Å². The summed E-state index contributed by atoms with van der Waals surface area (Å²) in [5, 5.41) is 0. The van der Waals surface area contributed by atoms with Gasteiger partial charge >= 0.3 is 0 Å². The summed E-state index contributed by atoms with van der Waals surface area (Å²) < 4.78 is 0. The van der Waals surface area contributed by atoms with Crippen LogP contribution in [-0.4, -0.2) is 58.4 Å². The van der Waals surface area contributed by atoms with E-state index in [1.807, 2.05) is 17.9 Å². The summed E-state index contributed by atoms with van der Waals surface area (Å²) in [5.74, 6) is 0.102. The fourth-order valence-electron chi connectivity index (χ4n) is 3.49. The van der Waals surface area contributed by atoms with Crippen molar-refractivity contribution >= 4 is 11.9 Å². The fraction of sp³-hybridized carbons (Fsp3) is 0.450. The molecule has 1 aromatic heterocycles. The van der Waals surface area contributed by atoms with E-state index < -0.39 is 0 Å². The predicted molar refractivity (Wildman–Crippen MR) is 103 cm³/mol. The molecule has 0 saturated carbocycles. The van der Waals surface area contributed by atoms with Gasteiger partial charge in [0.25, 0.3) is 5.91 Å². The number of aromatic nitrogens is 2. The third-order valence-corrected chi connectivity index (χ3v) is 4.99. The maximum Gasteiger partial charge on any atom is 0.272 e. The van der Waals surface area contributed by atoms with Crippen molar-refractivity contribution in [3.63, 3.8) is 0 Å². The van der Waals surface area contributed by atoms with Crippen molar-refractivity contribution in [1.29, 1.82) is 0 Å². The lowest BCUT2D eigenvalue weighted by Crippen LogP contribution is -2.49. The van der Waals surface area contributed by atoms with Crippen LogP contribution in [-0.2, 0) is 6.42 Å². The Balaban J connectivity index is 1.60. The molecule has 1 saturated heterocycles. The number of amides is 1. The Labute approximate surface area is 155 Å². The molecular formula is C20H27N5O. The Morgan fingerprint density at radius 1 is 1.31 bits per heavy atom. The van der Waals surface area contributed by atoms with Gasteiger partial charge in [-0.1, -0.05) is 30.3 Å². The van der Waals surface area contributed by atoms with Crippen LogP contribution in [0.5, 0.6) is 0 Å². The van der Waals surface area contributed by atoms with Crippen molar-refractivity contribution in [2.45, 2.75) is 32.2 Å². The van der Waals surface area contributed by atoms with Gasteiger partial charge in [0, 0.05) is 31.4 Å². The van der Waals surface area contributed by atoms with Crippen LogP contribution in [0.15, 0.2) is 36.4 Å². The molecule has 0 spiro atoms. The number of rotatable bonds is 5. The van der Waals surface area contributed by atoms with Crippen molar-refractivity contribution in [3.05, 3.63) is 53.3 Å². The first kappa shape index (κ1) is 18.3. The van der Waals surface area contributed by atoms with Crippen LogP contribution < -0.4 is 5.73 Å². The maximum absolute atomic E-state index is 12.8. The van der Waals surface area contributed by atoms with Crippen LogP contribution in [0.4, 0.5) is 5.95 Å². The Hall–Kier alpha value is -2.47. The van der Waals surface area contributed by atoms with Crippen molar-refractivity contribution < 1.29 is 4.79 Å². The van der Waals surface area contributed by atoms with E-state index in [9.17, 15) is 4.79 Å². The van der Waals surface area contributed by atoms with Crippen LogP contribution >= 0.6 is 0 Å². The van der Waals surface area contributed by atoms with Gasteiger partial charge in [0.2, 0.25) is 5.95 Å². The summed E-state index contributed by atoms with van der Waals surface area (Å²) >= 11 is 0. The molecule has 0 radical (unpaired) electrons. The Bertz CT molecular complexity index is 729. The molecule has 0 unspecified atom stereocenters. The van der Waals surface area contributed by atoms with Gasteiger partial charge in [-0.05, 0) is 44.9 Å². The lowest BCUT2D eigenvalue weighted by atomic mass is 10.0. The first-order valence-corrected chi connectivity index (χ1v) is 9.17. The van der Waals surface area contributed by atoms with E-state index in [2.05, 4.69) is 46.2 Å². The first-order chi connectivity index (χ1) is 12.5. The molecular weight excluding hydrogens is 326 g/mol. The second-order valence-corrected chi connectivity index (χ2v) is 7.02. The zero-order chi connectivity index (χ0) is 18.5. The average Bonchev–Trinajstić information content (AvgIpc) is 2.65. The lowest BCUT2D eigenvalue weighted by molar-refractivity contribution is 0.0606. The van der Waals surface area contributed by atoms with Gasteiger partial charge in [0.05, 0.1) is 0 Å². The zero-order valence-corrected chi connectivity index (χ0v) is 15.6. The second kappa shape index (κ2) is 8.27. The molecule has 1 aromatic carbocycles. The van der Waals surface area contributed by atoms with E-state index in [0.717, 1.165) is 44.6 Å². The molecule has 1 amide bonds. The number of likely N-dealkylation sites (tertiary alicyclic amines) is 1. The van der Waals surface area contributed by atoms with Crippen molar-refractivity contribution in [1.82, 2.24) is 19.8 Å². The molecule has 1 aliphatic heterocycles. The minimum Gasteiger partial charge on any atom is -0.368 e. The highest BCUT2D eigenvalue weighted by Gasteiger charge is 2.27. The van der Waals surface area contributed by atoms with E-state index in [0.29, 0.717) is 11.7 Å². The minimum atomic E-state index is -0.0524. The number of aryl methyl sites for hydroxylation is 1. The molecule has 2 aromatic rings. The number of anilines is 1. The maximum atomic E-state index is 12.8. The fourth-order valence-corrected chi connectivity index (χ4v) is 3.49. The SMILES string of the molecule is Cc1cc(C(=O)N2CCC[C@H](N(C)CCc3ccccc3)C2)nc(N)n1. The third-order valence-electron chi connectivity index (χ3n) is 4.99. The molecule has 0 bridgehead atoms. The summed E-state index contributed by atoms with van der Waals surface area (Å²) in [4.78, 5) is 25.2. The molecule has 26 heavy (non-hydrogen) atoms. The minimum absolute atomic E-state index is 0.0524. The van der Waals surface area contributed by atoms with Crippen LogP contribution in [0.1, 0.15) is 34.6 Å². The molecule has 1 atom stereocenters. The van der Waals surface area contributed by atoms with Gasteiger partial charge in [-0.25, -0.2) is 9.97 Å². The molecule has 6 nitrogen and oxygen atoms in total. The molecule has 1 fully saturated rings. The van der Waals surface area contributed by atoms with E-state index >= 15 is 0 Å². The topological polar surface area (TPSA) is 75.4 Å². The number of hydrogen-bond acceptors (Lipinski definition) is 5. The number of nitrogens with zero attached hydrogens (tertiary/aromatic N) is 4. The van der Waals surface area contributed by atoms with E-state index in [1.54, 1.807) is 6.07 Å². The standard InChI is InChI=1S/C20H27N5O/c1-15-13-18(23-20(21)22-15)19(26)25-11-6-9-17(14-25)24(2)12-10-16-7-4-3-5-8-16/h3-5,7-8,13,17H,6,9-12,14H2,1-2H3,(H2,21,22,23)/t17-/m0/s1. The first-order valence-electron chi connectivity index (χ1n) is 9.17. The molecule has 138 valence electrons.